The molecular formula is C26H27NO6. The lowest BCUT2D eigenvalue weighted by molar-refractivity contribution is -0.156. The molecule has 0 fully saturated rings. The molecule has 0 bridgehead atoms. The zero-order chi connectivity index (χ0) is 23.8. The van der Waals surface area contributed by atoms with Crippen LogP contribution < -0.4 is 19.5 Å². The van der Waals surface area contributed by atoms with Crippen LogP contribution in [0.15, 0.2) is 66.7 Å². The van der Waals surface area contributed by atoms with Gasteiger partial charge >= 0.3 is 5.97 Å². The molecule has 0 aliphatic rings. The van der Waals surface area contributed by atoms with Crippen LogP contribution in [-0.4, -0.2) is 32.7 Å². The van der Waals surface area contributed by atoms with Crippen molar-refractivity contribution >= 4 is 17.6 Å². The molecule has 3 aromatic rings. The van der Waals surface area contributed by atoms with Crippen molar-refractivity contribution in [3.63, 3.8) is 0 Å². The van der Waals surface area contributed by atoms with Gasteiger partial charge in [0, 0.05) is 5.56 Å². The van der Waals surface area contributed by atoms with Gasteiger partial charge in [0.2, 0.25) is 6.10 Å². The predicted octanol–water partition coefficient (Wildman–Crippen LogP) is 4.62. The molecule has 0 radical (unpaired) electrons. The highest BCUT2D eigenvalue weighted by Gasteiger charge is 2.26. The van der Waals surface area contributed by atoms with E-state index in [2.05, 4.69) is 5.32 Å². The van der Waals surface area contributed by atoms with E-state index in [4.69, 9.17) is 18.9 Å². The third-order valence-corrected chi connectivity index (χ3v) is 4.87. The summed E-state index contributed by atoms with van der Waals surface area (Å²) in [5.41, 5.74) is 2.96. The Labute approximate surface area is 193 Å². The monoisotopic (exact) mass is 449 g/mol. The van der Waals surface area contributed by atoms with Crippen molar-refractivity contribution in [2.24, 2.45) is 0 Å². The van der Waals surface area contributed by atoms with Crippen molar-refractivity contribution in [2.75, 3.05) is 26.1 Å². The number of hydrogen-bond donors (Lipinski definition) is 1. The number of nitrogens with one attached hydrogen (secondary N) is 1. The zero-order valence-electron chi connectivity index (χ0n) is 19.1. The second kappa shape index (κ2) is 11.0. The van der Waals surface area contributed by atoms with Crippen molar-refractivity contribution in [3.8, 4) is 17.2 Å². The number of esters is 1. The molecule has 0 aliphatic carbocycles. The van der Waals surface area contributed by atoms with Crippen LogP contribution in [0.25, 0.3) is 0 Å². The molecule has 0 spiro atoms. The van der Waals surface area contributed by atoms with Crippen LogP contribution in [0.3, 0.4) is 0 Å². The molecule has 3 rings (SSSR count). The molecule has 0 aromatic heterocycles. The molecule has 172 valence electrons. The summed E-state index contributed by atoms with van der Waals surface area (Å²) in [5.74, 6) is 0.211. The molecule has 0 saturated heterocycles. The first kappa shape index (κ1) is 23.7. The summed E-state index contributed by atoms with van der Waals surface area (Å²) in [6.45, 7) is 3.44. The van der Waals surface area contributed by atoms with E-state index >= 15 is 0 Å². The van der Waals surface area contributed by atoms with E-state index in [1.807, 2.05) is 32.0 Å². The van der Waals surface area contributed by atoms with Gasteiger partial charge < -0.3 is 24.3 Å². The molecule has 0 heterocycles. The van der Waals surface area contributed by atoms with E-state index in [0.717, 1.165) is 11.1 Å². The molecule has 1 N–H and O–H groups in total. The lowest BCUT2D eigenvalue weighted by Crippen LogP contribution is -2.28. The van der Waals surface area contributed by atoms with Gasteiger partial charge in [-0.15, -0.1) is 0 Å². The Morgan fingerprint density at radius 3 is 2.12 bits per heavy atom. The van der Waals surface area contributed by atoms with Crippen LogP contribution in [0, 0.1) is 13.8 Å². The largest absolute Gasteiger partial charge is 0.495 e. The molecule has 0 aliphatic heterocycles. The molecule has 0 saturated carbocycles. The third-order valence-electron chi connectivity index (χ3n) is 4.87. The Hall–Kier alpha value is -4.00. The highest BCUT2D eigenvalue weighted by molar-refractivity contribution is 5.97. The van der Waals surface area contributed by atoms with Gasteiger partial charge in [-0.3, -0.25) is 4.79 Å². The first-order valence-electron chi connectivity index (χ1n) is 10.4. The van der Waals surface area contributed by atoms with Gasteiger partial charge in [-0.2, -0.15) is 0 Å². The Kier molecular flexibility index (Phi) is 7.91. The molecule has 1 amide bonds. The van der Waals surface area contributed by atoms with E-state index in [9.17, 15) is 9.59 Å². The van der Waals surface area contributed by atoms with E-state index in [1.165, 1.54) is 14.2 Å². The number of rotatable bonds is 9. The van der Waals surface area contributed by atoms with Gasteiger partial charge in [-0.25, -0.2) is 4.79 Å². The fraction of sp³-hybridized carbons (Fsp3) is 0.231. The van der Waals surface area contributed by atoms with Gasteiger partial charge in [0.15, 0.2) is 18.1 Å². The van der Waals surface area contributed by atoms with Gasteiger partial charge in [-0.05, 0) is 49.2 Å². The SMILES string of the molecule is COc1ccc(C)cc1NC(=O)[C@@H](OC(=O)COc1ccc(C)cc1OC)c1ccccc1. The predicted molar refractivity (Wildman–Crippen MR) is 125 cm³/mol. The molecule has 3 aromatic carbocycles. The highest BCUT2D eigenvalue weighted by Crippen LogP contribution is 2.29. The molecule has 7 heteroatoms. The number of anilines is 1. The standard InChI is InChI=1S/C26H27NO6/c1-17-10-12-21(30-3)20(14-17)27-26(29)25(19-8-6-5-7-9-19)33-24(28)16-32-22-13-11-18(2)15-23(22)31-4/h5-15,25H,16H2,1-4H3,(H,27,29)/t25-/m0/s1. The van der Waals surface area contributed by atoms with Crippen molar-refractivity contribution < 1.29 is 28.5 Å². The first-order valence-corrected chi connectivity index (χ1v) is 10.4. The van der Waals surface area contributed by atoms with Crippen LogP contribution in [0.2, 0.25) is 0 Å². The molecule has 33 heavy (non-hydrogen) atoms. The normalized spacial score (nSPS) is 11.3. The molecular weight excluding hydrogens is 422 g/mol. The average Bonchev–Trinajstić information content (AvgIpc) is 2.82. The molecule has 1 atom stereocenters. The summed E-state index contributed by atoms with van der Waals surface area (Å²) in [6, 6.07) is 19.6. The summed E-state index contributed by atoms with van der Waals surface area (Å²) >= 11 is 0. The van der Waals surface area contributed by atoms with E-state index in [-0.39, 0.29) is 6.61 Å². The zero-order valence-corrected chi connectivity index (χ0v) is 19.1. The fourth-order valence-corrected chi connectivity index (χ4v) is 3.21. The number of ether oxygens (including phenoxy) is 4. The van der Waals surface area contributed by atoms with E-state index < -0.39 is 18.0 Å². The van der Waals surface area contributed by atoms with Gasteiger partial charge in [0.1, 0.15) is 5.75 Å². The second-order valence-electron chi connectivity index (χ2n) is 7.42. The summed E-state index contributed by atoms with van der Waals surface area (Å²) in [7, 11) is 3.04. The lowest BCUT2D eigenvalue weighted by Gasteiger charge is -2.19. The molecule has 7 nitrogen and oxygen atoms in total. The minimum absolute atomic E-state index is 0.385. The van der Waals surface area contributed by atoms with Crippen LogP contribution in [0.4, 0.5) is 5.69 Å². The van der Waals surface area contributed by atoms with Crippen molar-refractivity contribution in [1.29, 1.82) is 0 Å². The quantitative estimate of drug-likeness (QED) is 0.480. The number of methoxy groups -OCH3 is 2. The van der Waals surface area contributed by atoms with Gasteiger partial charge in [0.05, 0.1) is 19.9 Å². The summed E-state index contributed by atoms with van der Waals surface area (Å²) in [4.78, 5) is 25.7. The van der Waals surface area contributed by atoms with Gasteiger partial charge in [0.25, 0.3) is 5.91 Å². The summed E-state index contributed by atoms with van der Waals surface area (Å²) < 4.78 is 21.7. The topological polar surface area (TPSA) is 83.1 Å². The van der Waals surface area contributed by atoms with Crippen LogP contribution in [0.1, 0.15) is 22.8 Å². The number of carbonyl (C=O) groups excluding carboxylic acids is 2. The minimum atomic E-state index is -1.17. The average molecular weight is 450 g/mol. The summed E-state index contributed by atoms with van der Waals surface area (Å²) in [6.07, 6.45) is -1.17. The number of amides is 1. The lowest BCUT2D eigenvalue weighted by atomic mass is 10.1. The van der Waals surface area contributed by atoms with Crippen molar-refractivity contribution in [3.05, 3.63) is 83.4 Å². The maximum atomic E-state index is 13.1. The Balaban J connectivity index is 1.75. The van der Waals surface area contributed by atoms with Gasteiger partial charge in [-0.1, -0.05) is 42.5 Å². The van der Waals surface area contributed by atoms with Crippen LogP contribution in [0.5, 0.6) is 17.2 Å². The number of benzene rings is 3. The minimum Gasteiger partial charge on any atom is -0.495 e. The second-order valence-corrected chi connectivity index (χ2v) is 7.42. The maximum Gasteiger partial charge on any atom is 0.345 e. The fourth-order valence-electron chi connectivity index (χ4n) is 3.21. The van der Waals surface area contributed by atoms with E-state index in [0.29, 0.717) is 28.5 Å². The van der Waals surface area contributed by atoms with Crippen LogP contribution in [-0.2, 0) is 14.3 Å². The maximum absolute atomic E-state index is 13.1. The Morgan fingerprint density at radius 2 is 1.45 bits per heavy atom. The number of aryl methyl sites for hydroxylation is 2. The number of carbonyl (C=O) groups is 2. The van der Waals surface area contributed by atoms with E-state index in [1.54, 1.807) is 48.5 Å². The van der Waals surface area contributed by atoms with Crippen LogP contribution >= 0.6 is 0 Å². The number of hydrogen-bond acceptors (Lipinski definition) is 6. The van der Waals surface area contributed by atoms with Crippen molar-refractivity contribution in [2.45, 2.75) is 20.0 Å². The Morgan fingerprint density at radius 1 is 0.818 bits per heavy atom. The van der Waals surface area contributed by atoms with Crippen molar-refractivity contribution in [1.82, 2.24) is 0 Å². The smallest absolute Gasteiger partial charge is 0.345 e. The molecule has 0 unspecified atom stereocenters. The third kappa shape index (κ3) is 6.26. The highest BCUT2D eigenvalue weighted by atomic mass is 16.6. The summed E-state index contributed by atoms with van der Waals surface area (Å²) in [5, 5.41) is 2.80. The Bertz CT molecular complexity index is 1110. The first-order chi connectivity index (χ1) is 15.9.